The summed E-state index contributed by atoms with van der Waals surface area (Å²) in [6.07, 6.45) is 17.8. The van der Waals surface area contributed by atoms with Crippen molar-refractivity contribution in [3.8, 4) is 44.5 Å². The molecular formula is C64H65F9. The van der Waals surface area contributed by atoms with Crippen molar-refractivity contribution in [2.75, 3.05) is 0 Å². The third-order valence-corrected chi connectivity index (χ3v) is 15.1. The van der Waals surface area contributed by atoms with Crippen molar-refractivity contribution in [3.63, 3.8) is 0 Å². The fraction of sp³-hybridized carbons (Fsp3) is 0.344. The van der Waals surface area contributed by atoms with Gasteiger partial charge in [-0.05, 0) is 186 Å². The summed E-state index contributed by atoms with van der Waals surface area (Å²) < 4.78 is 121. The van der Waals surface area contributed by atoms with Crippen LogP contribution >= 0.6 is 0 Å². The van der Waals surface area contributed by atoms with E-state index in [2.05, 4.69) is 26.0 Å². The maximum absolute atomic E-state index is 14.4. The van der Waals surface area contributed by atoms with Gasteiger partial charge in [-0.15, -0.1) is 0 Å². The van der Waals surface area contributed by atoms with Gasteiger partial charge < -0.3 is 0 Å². The quantitative estimate of drug-likeness (QED) is 0.0650. The van der Waals surface area contributed by atoms with E-state index in [0.717, 1.165) is 53.6 Å². The molecule has 73 heavy (non-hydrogen) atoms. The van der Waals surface area contributed by atoms with Crippen LogP contribution in [-0.2, 0) is 6.42 Å². The molecule has 0 unspecified atom stereocenters. The Balaban J connectivity index is 0.000000161. The molecule has 2 saturated carbocycles. The van der Waals surface area contributed by atoms with Gasteiger partial charge in [-0.2, -0.15) is 0 Å². The zero-order chi connectivity index (χ0) is 52.2. The fourth-order valence-corrected chi connectivity index (χ4v) is 10.4. The summed E-state index contributed by atoms with van der Waals surface area (Å²) in [6, 6.07) is 34.7. The maximum Gasteiger partial charge on any atom is 0.194 e. The summed E-state index contributed by atoms with van der Waals surface area (Å²) in [5.41, 5.74) is 7.93. The molecule has 2 fully saturated rings. The van der Waals surface area contributed by atoms with E-state index < -0.39 is 52.4 Å². The van der Waals surface area contributed by atoms with E-state index in [0.29, 0.717) is 34.1 Å². The van der Waals surface area contributed by atoms with Crippen LogP contribution in [0.5, 0.6) is 0 Å². The first-order valence-electron chi connectivity index (χ1n) is 26.0. The van der Waals surface area contributed by atoms with Crippen LogP contribution in [0.2, 0.25) is 0 Å². The van der Waals surface area contributed by atoms with Crippen molar-refractivity contribution >= 4 is 0 Å². The van der Waals surface area contributed by atoms with Gasteiger partial charge in [0, 0.05) is 11.1 Å². The molecule has 0 aromatic heterocycles. The van der Waals surface area contributed by atoms with Crippen LogP contribution in [-0.4, -0.2) is 0 Å². The average Bonchev–Trinajstić information content (AvgIpc) is 3.41. The molecule has 0 atom stereocenters. The van der Waals surface area contributed by atoms with Crippen LogP contribution in [0, 0.1) is 71.1 Å². The fourth-order valence-electron chi connectivity index (χ4n) is 10.4. The third kappa shape index (κ3) is 14.2. The van der Waals surface area contributed by atoms with E-state index in [1.165, 1.54) is 131 Å². The zero-order valence-electron chi connectivity index (χ0n) is 42.2. The molecule has 2 aliphatic carbocycles. The minimum absolute atomic E-state index is 0.0155. The summed E-state index contributed by atoms with van der Waals surface area (Å²) >= 11 is 0. The molecule has 0 heterocycles. The van der Waals surface area contributed by atoms with Crippen molar-refractivity contribution in [3.05, 3.63) is 202 Å². The second-order valence-corrected chi connectivity index (χ2v) is 19.9. The summed E-state index contributed by atoms with van der Waals surface area (Å²) in [4.78, 5) is 0. The molecule has 9 rings (SSSR count). The Morgan fingerprint density at radius 1 is 0.370 bits per heavy atom. The SMILES string of the molecule is CCC1CCC(c2ccc(-c3cc(F)c(F)c(F)c3)cc2)CC1.CCCCCC1CCC(c2ccc(-c3cc(F)c(C)c(F)c3)cc2)CC1.CCc1ccc(-c2ccc(-c3cc(F)c(F)c(F)c3)c(F)c2)cc1. The second kappa shape index (κ2) is 25.7. The van der Waals surface area contributed by atoms with Crippen LogP contribution in [0.15, 0.2) is 127 Å². The van der Waals surface area contributed by atoms with Gasteiger partial charge in [0.25, 0.3) is 0 Å². The smallest absolute Gasteiger partial charge is 0.194 e. The van der Waals surface area contributed by atoms with Crippen LogP contribution in [0.1, 0.15) is 138 Å². The largest absolute Gasteiger partial charge is 0.207 e. The third-order valence-electron chi connectivity index (χ3n) is 15.1. The van der Waals surface area contributed by atoms with Gasteiger partial charge in [-0.3, -0.25) is 0 Å². The number of hydrogen-bond donors (Lipinski definition) is 0. The molecule has 7 aromatic rings. The number of aryl methyl sites for hydroxylation is 1. The minimum atomic E-state index is -1.56. The molecule has 0 N–H and O–H groups in total. The number of hydrogen-bond acceptors (Lipinski definition) is 0. The monoisotopic (exact) mass is 1000 g/mol. The molecular weight excluding hydrogens is 940 g/mol. The number of rotatable bonds is 12. The highest BCUT2D eigenvalue weighted by molar-refractivity contribution is 5.71. The van der Waals surface area contributed by atoms with Gasteiger partial charge in [0.15, 0.2) is 34.9 Å². The predicted octanol–water partition coefficient (Wildman–Crippen LogP) is 20.4. The maximum atomic E-state index is 14.4. The molecule has 0 nitrogen and oxygen atoms in total. The van der Waals surface area contributed by atoms with E-state index in [1.807, 2.05) is 67.6 Å². The standard InChI is InChI=1S/C24H30F2.C20H14F4.C20H21F3/c1-3-4-5-6-18-7-9-19(10-8-18)20-11-13-21(14-12-20)22-15-23(25)17(2)24(26)16-22;1-2-12-3-5-13(6-4-12)14-7-8-16(17(21)9-14)15-10-18(22)20(24)19(23)11-15;1-2-13-3-5-14(6-4-13)15-7-9-16(10-8-15)17-11-18(21)20(23)19(22)12-17/h11-16,18-19H,3-10H2,1-2H3;3-11H,2H2,1H3;7-14H,2-6H2,1H3. The molecule has 2 aliphatic rings. The Bertz CT molecular complexity index is 2820. The molecule has 0 aliphatic heterocycles. The zero-order valence-corrected chi connectivity index (χ0v) is 42.2. The number of benzene rings is 7. The molecule has 0 radical (unpaired) electrons. The Morgan fingerprint density at radius 2 is 0.753 bits per heavy atom. The lowest BCUT2D eigenvalue weighted by Gasteiger charge is -2.29. The van der Waals surface area contributed by atoms with E-state index in [-0.39, 0.29) is 16.7 Å². The van der Waals surface area contributed by atoms with Gasteiger partial charge in [0.2, 0.25) is 0 Å². The summed E-state index contributed by atoms with van der Waals surface area (Å²) in [6.45, 7) is 8.03. The molecule has 0 amide bonds. The van der Waals surface area contributed by atoms with Crippen molar-refractivity contribution in [2.24, 2.45) is 11.8 Å². The van der Waals surface area contributed by atoms with E-state index in [4.69, 9.17) is 0 Å². The minimum Gasteiger partial charge on any atom is -0.207 e. The van der Waals surface area contributed by atoms with Gasteiger partial charge in [-0.25, -0.2) is 39.5 Å². The van der Waals surface area contributed by atoms with Gasteiger partial charge in [0.05, 0.1) is 0 Å². The van der Waals surface area contributed by atoms with Crippen molar-refractivity contribution in [1.82, 2.24) is 0 Å². The highest BCUT2D eigenvalue weighted by Gasteiger charge is 2.24. The lowest BCUT2D eigenvalue weighted by Crippen LogP contribution is -2.13. The lowest BCUT2D eigenvalue weighted by atomic mass is 9.77. The molecule has 0 bridgehead atoms. The first kappa shape index (κ1) is 54.7. The Kier molecular flexibility index (Phi) is 19.3. The number of unbranched alkanes of at least 4 members (excludes halogenated alkanes) is 2. The number of halogens is 9. The van der Waals surface area contributed by atoms with E-state index in [9.17, 15) is 39.5 Å². The summed E-state index contributed by atoms with van der Waals surface area (Å²) in [5, 5.41) is 0. The lowest BCUT2D eigenvalue weighted by molar-refractivity contribution is 0.303. The van der Waals surface area contributed by atoms with Gasteiger partial charge in [0.1, 0.15) is 17.5 Å². The Morgan fingerprint density at radius 3 is 1.18 bits per heavy atom. The highest BCUT2D eigenvalue weighted by Crippen LogP contribution is 2.40. The first-order chi connectivity index (χ1) is 35.1. The normalized spacial score (nSPS) is 17.5. The Hall–Kier alpha value is -6.09. The van der Waals surface area contributed by atoms with E-state index >= 15 is 0 Å². The predicted molar refractivity (Wildman–Crippen MR) is 279 cm³/mol. The van der Waals surface area contributed by atoms with Crippen LogP contribution < -0.4 is 0 Å². The summed E-state index contributed by atoms with van der Waals surface area (Å²) in [5.74, 6) is -6.58. The van der Waals surface area contributed by atoms with Crippen LogP contribution in [0.25, 0.3) is 44.5 Å². The van der Waals surface area contributed by atoms with Crippen molar-refractivity contribution in [2.45, 2.75) is 129 Å². The van der Waals surface area contributed by atoms with E-state index in [1.54, 1.807) is 6.07 Å². The van der Waals surface area contributed by atoms with Crippen molar-refractivity contribution < 1.29 is 39.5 Å². The molecule has 7 aromatic carbocycles. The van der Waals surface area contributed by atoms with Gasteiger partial charge >= 0.3 is 0 Å². The first-order valence-corrected chi connectivity index (χ1v) is 26.0. The van der Waals surface area contributed by atoms with Crippen LogP contribution in [0.4, 0.5) is 39.5 Å². The molecule has 0 spiro atoms. The second-order valence-electron chi connectivity index (χ2n) is 19.9. The molecule has 384 valence electrons. The highest BCUT2D eigenvalue weighted by atomic mass is 19.2. The van der Waals surface area contributed by atoms with Gasteiger partial charge in [-0.1, -0.05) is 138 Å². The summed E-state index contributed by atoms with van der Waals surface area (Å²) in [7, 11) is 0. The molecule has 9 heteroatoms. The van der Waals surface area contributed by atoms with Crippen molar-refractivity contribution in [1.29, 1.82) is 0 Å². The average molecular weight is 1010 g/mol. The Labute approximate surface area is 425 Å². The topological polar surface area (TPSA) is 0 Å². The molecule has 0 saturated heterocycles. The van der Waals surface area contributed by atoms with Crippen LogP contribution in [0.3, 0.4) is 0 Å².